The van der Waals surface area contributed by atoms with Crippen molar-refractivity contribution in [3.63, 3.8) is 0 Å². The smallest absolute Gasteiger partial charge is 0.223 e. The number of rotatable bonds is 4. The molecule has 1 aliphatic heterocycles. The molecule has 1 saturated heterocycles. The molecule has 1 amide bonds. The van der Waals surface area contributed by atoms with E-state index in [2.05, 4.69) is 10.3 Å². The van der Waals surface area contributed by atoms with Crippen LogP contribution in [-0.2, 0) is 11.2 Å². The van der Waals surface area contributed by atoms with Gasteiger partial charge in [0.1, 0.15) is 11.5 Å². The number of carbonyl (C=O) groups excluding carboxylic acids is 1. The second-order valence-electron chi connectivity index (χ2n) is 5.51. The topological polar surface area (TPSA) is 64.2 Å². The van der Waals surface area contributed by atoms with Crippen molar-refractivity contribution < 1.29 is 9.21 Å². The van der Waals surface area contributed by atoms with E-state index in [0.29, 0.717) is 18.9 Å². The predicted molar refractivity (Wildman–Crippen MR) is 76.6 cm³/mol. The summed E-state index contributed by atoms with van der Waals surface area (Å²) in [6.45, 7) is 3.50. The number of aromatic nitrogens is 3. The number of piperidine rings is 1. The number of likely N-dealkylation sites (tertiary alicyclic amines) is 1. The van der Waals surface area contributed by atoms with Crippen LogP contribution in [-0.4, -0.2) is 38.9 Å². The zero-order valence-corrected chi connectivity index (χ0v) is 12.2. The summed E-state index contributed by atoms with van der Waals surface area (Å²) >= 11 is 0. The van der Waals surface area contributed by atoms with E-state index in [1.165, 1.54) is 0 Å². The summed E-state index contributed by atoms with van der Waals surface area (Å²) in [5.41, 5.74) is 0. The quantitative estimate of drug-likeness (QED) is 0.863. The van der Waals surface area contributed by atoms with Crippen LogP contribution in [0.2, 0.25) is 0 Å². The van der Waals surface area contributed by atoms with Crippen molar-refractivity contribution in [3.05, 3.63) is 36.0 Å². The van der Waals surface area contributed by atoms with Crippen molar-refractivity contribution in [2.24, 2.45) is 0 Å². The molecular weight excluding hydrogens is 268 g/mol. The first-order valence-electron chi connectivity index (χ1n) is 7.41. The molecule has 1 fully saturated rings. The molecule has 0 bridgehead atoms. The molecule has 112 valence electrons. The van der Waals surface area contributed by atoms with Gasteiger partial charge in [0.25, 0.3) is 0 Å². The van der Waals surface area contributed by atoms with E-state index >= 15 is 0 Å². The maximum atomic E-state index is 12.2. The third-order valence-electron chi connectivity index (χ3n) is 4.01. The van der Waals surface area contributed by atoms with Crippen molar-refractivity contribution >= 4 is 5.91 Å². The molecule has 2 aromatic heterocycles. The molecule has 6 nitrogen and oxygen atoms in total. The highest BCUT2D eigenvalue weighted by Crippen LogP contribution is 2.22. The first-order chi connectivity index (χ1) is 10.2. The molecule has 2 aromatic rings. The van der Waals surface area contributed by atoms with Crippen LogP contribution >= 0.6 is 0 Å². The van der Waals surface area contributed by atoms with Crippen LogP contribution in [0.4, 0.5) is 0 Å². The Morgan fingerprint density at radius 1 is 1.38 bits per heavy atom. The molecule has 0 atom stereocenters. The van der Waals surface area contributed by atoms with Crippen molar-refractivity contribution in [1.29, 1.82) is 0 Å². The Balaban J connectivity index is 1.46. The SMILES string of the molecule is Cc1ccc(CCC(=O)N2CCC(n3ccnn3)CC2)o1. The molecule has 0 aromatic carbocycles. The highest BCUT2D eigenvalue weighted by molar-refractivity contribution is 5.76. The number of carbonyl (C=O) groups is 1. The number of furan rings is 1. The molecular formula is C15H20N4O2. The van der Waals surface area contributed by atoms with Gasteiger partial charge in [-0.2, -0.15) is 0 Å². The lowest BCUT2D eigenvalue weighted by atomic mass is 10.0. The first kappa shape index (κ1) is 13.9. The zero-order valence-electron chi connectivity index (χ0n) is 12.2. The molecule has 0 N–H and O–H groups in total. The van der Waals surface area contributed by atoms with Crippen LogP contribution in [0.3, 0.4) is 0 Å². The Morgan fingerprint density at radius 3 is 2.81 bits per heavy atom. The van der Waals surface area contributed by atoms with Crippen molar-refractivity contribution in [2.75, 3.05) is 13.1 Å². The lowest BCUT2D eigenvalue weighted by Crippen LogP contribution is -2.39. The van der Waals surface area contributed by atoms with Gasteiger partial charge in [-0.15, -0.1) is 5.10 Å². The Kier molecular flexibility index (Phi) is 4.03. The van der Waals surface area contributed by atoms with E-state index in [1.807, 2.05) is 34.8 Å². The second-order valence-corrected chi connectivity index (χ2v) is 5.51. The normalized spacial score (nSPS) is 16.3. The minimum Gasteiger partial charge on any atom is -0.466 e. The number of hydrogen-bond acceptors (Lipinski definition) is 4. The second kappa shape index (κ2) is 6.11. The lowest BCUT2D eigenvalue weighted by molar-refractivity contribution is -0.132. The van der Waals surface area contributed by atoms with E-state index < -0.39 is 0 Å². The molecule has 3 heterocycles. The first-order valence-corrected chi connectivity index (χ1v) is 7.41. The van der Waals surface area contributed by atoms with Gasteiger partial charge in [0.05, 0.1) is 12.2 Å². The van der Waals surface area contributed by atoms with Gasteiger partial charge in [-0.1, -0.05) is 5.21 Å². The predicted octanol–water partition coefficient (Wildman–Crippen LogP) is 1.98. The van der Waals surface area contributed by atoms with E-state index in [9.17, 15) is 4.79 Å². The number of nitrogens with zero attached hydrogens (tertiary/aromatic N) is 4. The van der Waals surface area contributed by atoms with Crippen LogP contribution < -0.4 is 0 Å². The highest BCUT2D eigenvalue weighted by Gasteiger charge is 2.24. The van der Waals surface area contributed by atoms with Gasteiger partial charge >= 0.3 is 0 Å². The lowest BCUT2D eigenvalue weighted by Gasteiger charge is -2.31. The van der Waals surface area contributed by atoms with E-state index in [0.717, 1.165) is 37.5 Å². The Labute approximate surface area is 123 Å². The minimum atomic E-state index is 0.209. The minimum absolute atomic E-state index is 0.209. The van der Waals surface area contributed by atoms with Crippen molar-refractivity contribution in [3.8, 4) is 0 Å². The molecule has 3 rings (SSSR count). The fraction of sp³-hybridized carbons (Fsp3) is 0.533. The summed E-state index contributed by atoms with van der Waals surface area (Å²) in [7, 11) is 0. The monoisotopic (exact) mass is 288 g/mol. The van der Waals surface area contributed by atoms with Crippen LogP contribution in [0.15, 0.2) is 28.9 Å². The van der Waals surface area contributed by atoms with Crippen LogP contribution in [0, 0.1) is 6.92 Å². The van der Waals surface area contributed by atoms with Crippen LogP contribution in [0.5, 0.6) is 0 Å². The largest absolute Gasteiger partial charge is 0.466 e. The molecule has 21 heavy (non-hydrogen) atoms. The summed E-state index contributed by atoms with van der Waals surface area (Å²) in [6.07, 6.45) is 6.66. The summed E-state index contributed by atoms with van der Waals surface area (Å²) in [4.78, 5) is 14.2. The van der Waals surface area contributed by atoms with Gasteiger partial charge in [-0.05, 0) is 31.9 Å². The fourth-order valence-electron chi connectivity index (χ4n) is 2.80. The van der Waals surface area contributed by atoms with Gasteiger partial charge in [-0.3, -0.25) is 4.79 Å². The average molecular weight is 288 g/mol. The Bertz CT molecular complexity index is 583. The molecule has 0 spiro atoms. The summed E-state index contributed by atoms with van der Waals surface area (Å²) in [5.74, 6) is 1.99. The van der Waals surface area contributed by atoms with E-state index in [1.54, 1.807) is 6.20 Å². The van der Waals surface area contributed by atoms with Gasteiger partial charge in [0, 0.05) is 32.1 Å². The van der Waals surface area contributed by atoms with Crippen molar-refractivity contribution in [1.82, 2.24) is 19.9 Å². The summed E-state index contributed by atoms with van der Waals surface area (Å²) in [6, 6.07) is 4.24. The fourth-order valence-corrected chi connectivity index (χ4v) is 2.80. The highest BCUT2D eigenvalue weighted by atomic mass is 16.3. The number of hydrogen-bond donors (Lipinski definition) is 0. The molecule has 0 saturated carbocycles. The maximum absolute atomic E-state index is 12.2. The van der Waals surface area contributed by atoms with Gasteiger partial charge in [-0.25, -0.2) is 4.68 Å². The van der Waals surface area contributed by atoms with Crippen LogP contribution in [0.25, 0.3) is 0 Å². The van der Waals surface area contributed by atoms with Gasteiger partial charge in [0.15, 0.2) is 0 Å². The van der Waals surface area contributed by atoms with E-state index in [4.69, 9.17) is 4.42 Å². The van der Waals surface area contributed by atoms with Gasteiger partial charge in [0.2, 0.25) is 5.91 Å². The Hall–Kier alpha value is -2.11. The third-order valence-corrected chi connectivity index (χ3v) is 4.01. The summed E-state index contributed by atoms with van der Waals surface area (Å²) < 4.78 is 7.39. The number of aryl methyl sites for hydroxylation is 2. The average Bonchev–Trinajstić information content (AvgIpc) is 3.16. The Morgan fingerprint density at radius 2 is 2.19 bits per heavy atom. The summed E-state index contributed by atoms with van der Waals surface area (Å²) in [5, 5.41) is 7.88. The molecule has 1 aliphatic rings. The standard InChI is InChI=1S/C15H20N4O2/c1-12-2-3-14(21-12)4-5-15(20)18-9-6-13(7-10-18)19-11-8-16-17-19/h2-3,8,11,13H,4-7,9-10H2,1H3. The maximum Gasteiger partial charge on any atom is 0.223 e. The van der Waals surface area contributed by atoms with Crippen molar-refractivity contribution in [2.45, 2.75) is 38.6 Å². The van der Waals surface area contributed by atoms with E-state index in [-0.39, 0.29) is 5.91 Å². The molecule has 0 unspecified atom stereocenters. The van der Waals surface area contributed by atoms with Crippen LogP contribution in [0.1, 0.15) is 36.8 Å². The number of amides is 1. The van der Waals surface area contributed by atoms with Gasteiger partial charge < -0.3 is 9.32 Å². The molecule has 0 aliphatic carbocycles. The molecule has 0 radical (unpaired) electrons. The third kappa shape index (κ3) is 3.32. The zero-order chi connectivity index (χ0) is 14.7. The molecule has 6 heteroatoms.